The van der Waals surface area contributed by atoms with Gasteiger partial charge in [-0.25, -0.2) is 0 Å². The van der Waals surface area contributed by atoms with E-state index >= 15 is 0 Å². The van der Waals surface area contributed by atoms with E-state index in [9.17, 15) is 4.79 Å². The normalized spacial score (nSPS) is 10.4. The summed E-state index contributed by atoms with van der Waals surface area (Å²) < 4.78 is 5.34. The highest BCUT2D eigenvalue weighted by molar-refractivity contribution is 6.30. The number of nitrogens with zero attached hydrogens (tertiary/aromatic N) is 1. The van der Waals surface area contributed by atoms with Crippen LogP contribution in [0.15, 0.2) is 42.5 Å². The summed E-state index contributed by atoms with van der Waals surface area (Å²) in [4.78, 5) is 14.4. The molecule has 23 heavy (non-hydrogen) atoms. The van der Waals surface area contributed by atoms with Crippen LogP contribution in [0.2, 0.25) is 5.02 Å². The van der Waals surface area contributed by atoms with Gasteiger partial charge in [0.05, 0.1) is 13.7 Å². The van der Waals surface area contributed by atoms with Crippen LogP contribution in [0.4, 0.5) is 0 Å². The van der Waals surface area contributed by atoms with Crippen molar-refractivity contribution in [2.45, 2.75) is 20.1 Å². The second kappa shape index (κ2) is 7.99. The second-order valence-corrected chi connectivity index (χ2v) is 5.57. The molecule has 0 heterocycles. The van der Waals surface area contributed by atoms with Gasteiger partial charge in [0.15, 0.2) is 0 Å². The van der Waals surface area contributed by atoms with Gasteiger partial charge in [-0.2, -0.15) is 0 Å². The highest BCUT2D eigenvalue weighted by Gasteiger charge is 2.16. The largest absolute Gasteiger partial charge is 0.496 e. The highest BCUT2D eigenvalue weighted by Crippen LogP contribution is 2.24. The standard InChI is InChI=1S/C18H20ClNO3/c1-3-20(11-15-10-16(19)8-9-17(15)23-2)18(22)14-6-4-13(12-21)5-7-14/h4-10,21H,3,11-12H2,1-2H3. The van der Waals surface area contributed by atoms with E-state index in [-0.39, 0.29) is 12.5 Å². The Balaban J connectivity index is 2.22. The zero-order chi connectivity index (χ0) is 16.8. The summed E-state index contributed by atoms with van der Waals surface area (Å²) in [6.07, 6.45) is 0. The molecule has 4 nitrogen and oxygen atoms in total. The number of aliphatic hydroxyl groups excluding tert-OH is 1. The third kappa shape index (κ3) is 4.24. The van der Waals surface area contributed by atoms with Crippen LogP contribution in [0.25, 0.3) is 0 Å². The Morgan fingerprint density at radius 2 is 1.91 bits per heavy atom. The Labute approximate surface area is 141 Å². The molecule has 0 atom stereocenters. The van der Waals surface area contributed by atoms with E-state index in [4.69, 9.17) is 21.4 Å². The van der Waals surface area contributed by atoms with E-state index in [1.54, 1.807) is 48.4 Å². The quantitative estimate of drug-likeness (QED) is 0.880. The monoisotopic (exact) mass is 333 g/mol. The third-order valence-corrected chi connectivity index (χ3v) is 3.89. The summed E-state index contributed by atoms with van der Waals surface area (Å²) in [5.41, 5.74) is 2.23. The smallest absolute Gasteiger partial charge is 0.254 e. The zero-order valence-corrected chi connectivity index (χ0v) is 14.0. The first-order valence-corrected chi connectivity index (χ1v) is 7.78. The van der Waals surface area contributed by atoms with Gasteiger partial charge in [0, 0.05) is 29.2 Å². The molecule has 0 aliphatic rings. The molecule has 5 heteroatoms. The molecular formula is C18H20ClNO3. The van der Waals surface area contributed by atoms with Gasteiger partial charge in [0.1, 0.15) is 5.75 Å². The fraction of sp³-hybridized carbons (Fsp3) is 0.278. The lowest BCUT2D eigenvalue weighted by Crippen LogP contribution is -2.30. The van der Waals surface area contributed by atoms with E-state index in [1.165, 1.54) is 0 Å². The fourth-order valence-electron chi connectivity index (χ4n) is 2.34. The molecule has 0 unspecified atom stereocenters. The number of carbonyl (C=O) groups is 1. The Kier molecular flexibility index (Phi) is 6.02. The first-order chi connectivity index (χ1) is 11.1. The van der Waals surface area contributed by atoms with Crippen LogP contribution in [-0.4, -0.2) is 29.6 Å². The van der Waals surface area contributed by atoms with Crippen LogP contribution in [0, 0.1) is 0 Å². The molecule has 0 bridgehead atoms. The Morgan fingerprint density at radius 1 is 1.22 bits per heavy atom. The van der Waals surface area contributed by atoms with Crippen molar-refractivity contribution in [2.75, 3.05) is 13.7 Å². The van der Waals surface area contributed by atoms with Crippen molar-refractivity contribution in [1.82, 2.24) is 4.90 Å². The molecule has 0 radical (unpaired) electrons. The Hall–Kier alpha value is -2.04. The second-order valence-electron chi connectivity index (χ2n) is 5.13. The predicted octanol–water partition coefficient (Wildman–Crippen LogP) is 3.50. The summed E-state index contributed by atoms with van der Waals surface area (Å²) in [6.45, 7) is 2.87. The Morgan fingerprint density at radius 3 is 2.48 bits per heavy atom. The lowest BCUT2D eigenvalue weighted by atomic mass is 10.1. The van der Waals surface area contributed by atoms with E-state index in [0.717, 1.165) is 11.1 Å². The van der Waals surface area contributed by atoms with Crippen molar-refractivity contribution in [3.8, 4) is 5.75 Å². The summed E-state index contributed by atoms with van der Waals surface area (Å²) in [6, 6.07) is 12.3. The molecule has 0 saturated heterocycles. The molecule has 0 saturated carbocycles. The molecule has 0 aromatic heterocycles. The fourth-order valence-corrected chi connectivity index (χ4v) is 2.53. The predicted molar refractivity (Wildman–Crippen MR) is 90.8 cm³/mol. The SMILES string of the molecule is CCN(Cc1cc(Cl)ccc1OC)C(=O)c1ccc(CO)cc1. The Bertz CT molecular complexity index is 670. The van der Waals surface area contributed by atoms with Gasteiger partial charge in [-0.1, -0.05) is 23.7 Å². The highest BCUT2D eigenvalue weighted by atomic mass is 35.5. The first kappa shape index (κ1) is 17.3. The minimum absolute atomic E-state index is 0.0360. The molecule has 2 aromatic rings. The minimum atomic E-state index is -0.0704. The third-order valence-electron chi connectivity index (χ3n) is 3.66. The maximum atomic E-state index is 12.7. The van der Waals surface area contributed by atoms with Gasteiger partial charge in [-0.15, -0.1) is 0 Å². The number of rotatable bonds is 6. The lowest BCUT2D eigenvalue weighted by molar-refractivity contribution is 0.0751. The molecule has 0 aliphatic heterocycles. The van der Waals surface area contributed by atoms with E-state index in [2.05, 4.69) is 0 Å². The molecular weight excluding hydrogens is 314 g/mol. The first-order valence-electron chi connectivity index (χ1n) is 7.40. The number of hydrogen-bond acceptors (Lipinski definition) is 3. The van der Waals surface area contributed by atoms with Crippen molar-refractivity contribution in [1.29, 1.82) is 0 Å². The van der Waals surface area contributed by atoms with Crippen molar-refractivity contribution >= 4 is 17.5 Å². The van der Waals surface area contributed by atoms with Crippen molar-refractivity contribution in [3.05, 3.63) is 64.2 Å². The zero-order valence-electron chi connectivity index (χ0n) is 13.3. The summed E-state index contributed by atoms with van der Waals surface area (Å²) >= 11 is 6.05. The van der Waals surface area contributed by atoms with Gasteiger partial charge in [0.25, 0.3) is 5.91 Å². The molecule has 0 aliphatic carbocycles. The number of aliphatic hydroxyl groups is 1. The van der Waals surface area contributed by atoms with Crippen LogP contribution in [0.1, 0.15) is 28.4 Å². The molecule has 2 rings (SSSR count). The molecule has 122 valence electrons. The maximum absolute atomic E-state index is 12.7. The van der Waals surface area contributed by atoms with Crippen molar-refractivity contribution in [3.63, 3.8) is 0 Å². The summed E-state index contributed by atoms with van der Waals surface area (Å²) in [5.74, 6) is 0.635. The van der Waals surface area contributed by atoms with Crippen LogP contribution >= 0.6 is 11.6 Å². The van der Waals surface area contributed by atoms with E-state index in [1.807, 2.05) is 13.0 Å². The van der Waals surface area contributed by atoms with Gasteiger partial charge in [0.2, 0.25) is 0 Å². The topological polar surface area (TPSA) is 49.8 Å². The van der Waals surface area contributed by atoms with Gasteiger partial charge in [-0.3, -0.25) is 4.79 Å². The molecule has 0 spiro atoms. The van der Waals surface area contributed by atoms with Crippen molar-refractivity contribution < 1.29 is 14.6 Å². The van der Waals surface area contributed by atoms with Crippen LogP contribution in [0.3, 0.4) is 0 Å². The molecule has 1 amide bonds. The minimum Gasteiger partial charge on any atom is -0.496 e. The van der Waals surface area contributed by atoms with Crippen LogP contribution in [0.5, 0.6) is 5.75 Å². The summed E-state index contributed by atoms with van der Waals surface area (Å²) in [5, 5.41) is 9.69. The number of hydrogen-bond donors (Lipinski definition) is 1. The summed E-state index contributed by atoms with van der Waals surface area (Å²) in [7, 11) is 1.60. The van der Waals surface area contributed by atoms with Crippen molar-refractivity contribution in [2.24, 2.45) is 0 Å². The molecule has 2 aromatic carbocycles. The average Bonchev–Trinajstić information content (AvgIpc) is 2.59. The maximum Gasteiger partial charge on any atom is 0.254 e. The number of amides is 1. The average molecular weight is 334 g/mol. The van der Waals surface area contributed by atoms with Gasteiger partial charge < -0.3 is 14.7 Å². The van der Waals surface area contributed by atoms with Crippen LogP contribution in [-0.2, 0) is 13.2 Å². The lowest BCUT2D eigenvalue weighted by Gasteiger charge is -2.22. The van der Waals surface area contributed by atoms with Crippen LogP contribution < -0.4 is 4.74 Å². The number of benzene rings is 2. The number of carbonyl (C=O) groups excluding carboxylic acids is 1. The molecule has 1 N–H and O–H groups in total. The van der Waals surface area contributed by atoms with E-state index < -0.39 is 0 Å². The number of methoxy groups -OCH3 is 1. The van der Waals surface area contributed by atoms with E-state index in [0.29, 0.717) is 29.4 Å². The molecule has 0 fully saturated rings. The van der Waals surface area contributed by atoms with Gasteiger partial charge >= 0.3 is 0 Å². The number of halogens is 1. The van der Waals surface area contributed by atoms with Gasteiger partial charge in [-0.05, 0) is 42.8 Å². The number of ether oxygens (including phenoxy) is 1.